The summed E-state index contributed by atoms with van der Waals surface area (Å²) in [6, 6.07) is 10.9. The number of thiophene rings is 1. The number of aryl methyl sites for hydroxylation is 2. The van der Waals surface area contributed by atoms with Crippen LogP contribution in [0, 0.1) is 5.82 Å². The Labute approximate surface area is 177 Å². The van der Waals surface area contributed by atoms with E-state index in [2.05, 4.69) is 21.6 Å². The van der Waals surface area contributed by atoms with Crippen LogP contribution in [-0.4, -0.2) is 57.5 Å². The maximum absolute atomic E-state index is 14.0. The molecule has 1 aliphatic rings. The summed E-state index contributed by atoms with van der Waals surface area (Å²) in [5.74, 6) is 0.193. The van der Waals surface area contributed by atoms with Crippen LogP contribution in [0.2, 0.25) is 0 Å². The molecular weight excluding hydrogens is 409 g/mol. The van der Waals surface area contributed by atoms with Gasteiger partial charge in [-0.05, 0) is 30.0 Å². The molecule has 0 N–H and O–H groups in total. The number of anilines is 1. The number of carbonyl (C=O) groups excluding carboxylic acids is 1. The molecule has 0 unspecified atom stereocenters. The number of nitrogens with zero attached hydrogens (tertiary/aromatic N) is 5. The third kappa shape index (κ3) is 4.97. The van der Waals surface area contributed by atoms with Crippen molar-refractivity contribution >= 4 is 34.7 Å². The Morgan fingerprint density at radius 3 is 2.72 bits per heavy atom. The first kappa shape index (κ1) is 19.9. The normalized spacial score (nSPS) is 14.4. The second-order valence-corrected chi connectivity index (χ2v) is 8.72. The number of aromatic nitrogens is 3. The number of thioether (sulfide) groups is 1. The van der Waals surface area contributed by atoms with Crippen molar-refractivity contribution in [3.05, 3.63) is 58.8 Å². The quantitative estimate of drug-likeness (QED) is 0.538. The van der Waals surface area contributed by atoms with E-state index in [0.717, 1.165) is 18.1 Å². The van der Waals surface area contributed by atoms with Gasteiger partial charge in [-0.15, -0.1) is 21.5 Å². The predicted molar refractivity (Wildman–Crippen MR) is 114 cm³/mol. The molecule has 1 amide bonds. The van der Waals surface area contributed by atoms with Gasteiger partial charge < -0.3 is 14.4 Å². The Morgan fingerprint density at radius 1 is 1.14 bits per heavy atom. The molecule has 9 heteroatoms. The van der Waals surface area contributed by atoms with Crippen LogP contribution in [-0.2, 0) is 17.8 Å². The molecule has 4 rings (SSSR count). The largest absolute Gasteiger partial charge is 0.366 e. The summed E-state index contributed by atoms with van der Waals surface area (Å²) in [5.41, 5.74) is 0.604. The predicted octanol–water partition coefficient (Wildman–Crippen LogP) is 3.16. The summed E-state index contributed by atoms with van der Waals surface area (Å²) < 4.78 is 16.0. The Morgan fingerprint density at radius 2 is 1.97 bits per heavy atom. The van der Waals surface area contributed by atoms with Gasteiger partial charge in [0.15, 0.2) is 5.16 Å². The lowest BCUT2D eigenvalue weighted by Gasteiger charge is -2.36. The number of piperazine rings is 1. The number of halogens is 1. The lowest BCUT2D eigenvalue weighted by atomic mass is 10.2. The number of rotatable bonds is 7. The topological polar surface area (TPSA) is 54.3 Å². The third-order valence-electron chi connectivity index (χ3n) is 4.91. The SMILES string of the molecule is O=C(CSc1nncn1CCc1cccs1)N1CCN(c2ccccc2F)CC1. The molecule has 0 saturated carbocycles. The molecule has 0 spiro atoms. The second kappa shape index (κ2) is 9.41. The minimum atomic E-state index is -0.218. The monoisotopic (exact) mass is 431 g/mol. The van der Waals surface area contributed by atoms with Crippen molar-refractivity contribution < 1.29 is 9.18 Å². The maximum atomic E-state index is 14.0. The molecule has 1 aromatic carbocycles. The Hall–Kier alpha value is -2.39. The molecule has 1 saturated heterocycles. The van der Waals surface area contributed by atoms with Crippen LogP contribution in [0.5, 0.6) is 0 Å². The van der Waals surface area contributed by atoms with Crippen molar-refractivity contribution in [1.29, 1.82) is 0 Å². The first-order valence-electron chi connectivity index (χ1n) is 9.51. The summed E-state index contributed by atoms with van der Waals surface area (Å²) in [6.45, 7) is 3.26. The van der Waals surface area contributed by atoms with E-state index in [1.54, 1.807) is 29.8 Å². The molecule has 1 fully saturated rings. The minimum Gasteiger partial charge on any atom is -0.366 e. The fourth-order valence-electron chi connectivity index (χ4n) is 3.32. The van der Waals surface area contributed by atoms with E-state index in [4.69, 9.17) is 0 Å². The highest BCUT2D eigenvalue weighted by Crippen LogP contribution is 2.21. The van der Waals surface area contributed by atoms with Gasteiger partial charge in [0.1, 0.15) is 12.1 Å². The van der Waals surface area contributed by atoms with Gasteiger partial charge in [0.2, 0.25) is 5.91 Å². The first-order valence-corrected chi connectivity index (χ1v) is 11.4. The summed E-state index contributed by atoms with van der Waals surface area (Å²) in [6.07, 6.45) is 2.64. The van der Waals surface area contributed by atoms with E-state index in [0.29, 0.717) is 37.6 Å². The summed E-state index contributed by atoms with van der Waals surface area (Å²) in [7, 11) is 0. The standard InChI is InChI=1S/C20H22FN5OS2/c21-17-5-1-2-6-18(17)24-9-11-25(12-10-24)19(27)14-29-20-23-22-15-26(20)8-7-16-4-3-13-28-16/h1-6,13,15H,7-12,14H2. The van der Waals surface area contributed by atoms with E-state index in [1.165, 1.54) is 22.7 Å². The number of hydrogen-bond acceptors (Lipinski definition) is 6. The van der Waals surface area contributed by atoms with Gasteiger partial charge in [0.25, 0.3) is 0 Å². The lowest BCUT2D eigenvalue weighted by Crippen LogP contribution is -2.49. The molecule has 0 radical (unpaired) electrons. The van der Waals surface area contributed by atoms with Gasteiger partial charge in [-0.25, -0.2) is 4.39 Å². The highest BCUT2D eigenvalue weighted by atomic mass is 32.2. The van der Waals surface area contributed by atoms with Crippen LogP contribution in [0.25, 0.3) is 0 Å². The van der Waals surface area contributed by atoms with Gasteiger partial charge in [0, 0.05) is 37.6 Å². The molecule has 29 heavy (non-hydrogen) atoms. The number of hydrogen-bond donors (Lipinski definition) is 0. The zero-order valence-electron chi connectivity index (χ0n) is 15.9. The number of benzene rings is 1. The van der Waals surface area contributed by atoms with E-state index in [1.807, 2.05) is 26.5 Å². The second-order valence-electron chi connectivity index (χ2n) is 6.74. The van der Waals surface area contributed by atoms with E-state index >= 15 is 0 Å². The fraction of sp³-hybridized carbons (Fsp3) is 0.350. The van der Waals surface area contributed by atoms with E-state index < -0.39 is 0 Å². The van der Waals surface area contributed by atoms with Crippen LogP contribution in [0.1, 0.15) is 4.88 Å². The van der Waals surface area contributed by atoms with Crippen LogP contribution in [0.4, 0.5) is 10.1 Å². The zero-order valence-corrected chi connectivity index (χ0v) is 17.5. The van der Waals surface area contributed by atoms with Crippen LogP contribution in [0.3, 0.4) is 0 Å². The highest BCUT2D eigenvalue weighted by Gasteiger charge is 2.23. The summed E-state index contributed by atoms with van der Waals surface area (Å²) in [5, 5.41) is 11.0. The van der Waals surface area contributed by atoms with Crippen LogP contribution >= 0.6 is 23.1 Å². The molecule has 0 atom stereocenters. The molecular formula is C20H22FN5OS2. The molecule has 3 aromatic rings. The molecule has 152 valence electrons. The average Bonchev–Trinajstić information content (AvgIpc) is 3.43. The first-order chi connectivity index (χ1) is 14.2. The Kier molecular flexibility index (Phi) is 6.46. The number of para-hydroxylation sites is 1. The molecule has 0 aliphatic carbocycles. The summed E-state index contributed by atoms with van der Waals surface area (Å²) in [4.78, 5) is 17.8. The van der Waals surface area contributed by atoms with Crippen molar-refractivity contribution in [2.45, 2.75) is 18.1 Å². The van der Waals surface area contributed by atoms with Crippen molar-refractivity contribution in [3.63, 3.8) is 0 Å². The van der Waals surface area contributed by atoms with Gasteiger partial charge in [-0.2, -0.15) is 0 Å². The van der Waals surface area contributed by atoms with Gasteiger partial charge >= 0.3 is 0 Å². The molecule has 0 bridgehead atoms. The Bertz CT molecular complexity index is 938. The zero-order chi connectivity index (χ0) is 20.1. The van der Waals surface area contributed by atoms with E-state index in [9.17, 15) is 9.18 Å². The molecule has 2 aromatic heterocycles. The van der Waals surface area contributed by atoms with Gasteiger partial charge in [-0.1, -0.05) is 30.0 Å². The van der Waals surface area contributed by atoms with Gasteiger partial charge in [-0.3, -0.25) is 4.79 Å². The van der Waals surface area contributed by atoms with Gasteiger partial charge in [0.05, 0.1) is 11.4 Å². The fourth-order valence-corrected chi connectivity index (χ4v) is 4.86. The number of carbonyl (C=O) groups is 1. The van der Waals surface area contributed by atoms with Crippen LogP contribution in [0.15, 0.2) is 53.3 Å². The maximum Gasteiger partial charge on any atom is 0.233 e. The molecule has 6 nitrogen and oxygen atoms in total. The van der Waals surface area contributed by atoms with Crippen molar-refractivity contribution in [2.75, 3.05) is 36.8 Å². The van der Waals surface area contributed by atoms with Crippen molar-refractivity contribution in [1.82, 2.24) is 19.7 Å². The van der Waals surface area contributed by atoms with Crippen molar-refractivity contribution in [2.24, 2.45) is 0 Å². The lowest BCUT2D eigenvalue weighted by molar-refractivity contribution is -0.128. The minimum absolute atomic E-state index is 0.0796. The Balaban J connectivity index is 1.26. The smallest absolute Gasteiger partial charge is 0.233 e. The van der Waals surface area contributed by atoms with Crippen LogP contribution < -0.4 is 4.90 Å². The molecule has 3 heterocycles. The third-order valence-corrected chi connectivity index (χ3v) is 6.81. The highest BCUT2D eigenvalue weighted by molar-refractivity contribution is 7.99. The molecule has 1 aliphatic heterocycles. The van der Waals surface area contributed by atoms with Crippen molar-refractivity contribution in [3.8, 4) is 0 Å². The summed E-state index contributed by atoms with van der Waals surface area (Å²) >= 11 is 3.16. The average molecular weight is 432 g/mol. The van der Waals surface area contributed by atoms with E-state index in [-0.39, 0.29) is 11.7 Å². The number of amides is 1.